The van der Waals surface area contributed by atoms with Gasteiger partial charge in [0.1, 0.15) is 0 Å². The molecule has 0 bridgehead atoms. The van der Waals surface area contributed by atoms with Gasteiger partial charge in [0.15, 0.2) is 0 Å². The molecule has 0 saturated carbocycles. The monoisotopic (exact) mass is 267 g/mol. The summed E-state index contributed by atoms with van der Waals surface area (Å²) in [5.74, 6) is 0.0654. The Morgan fingerprint density at radius 1 is 1.25 bits per heavy atom. The summed E-state index contributed by atoms with van der Waals surface area (Å²) in [6.45, 7) is 0.783. The highest BCUT2D eigenvalue weighted by atomic mass is 16.1. The highest BCUT2D eigenvalue weighted by molar-refractivity contribution is 5.99. The van der Waals surface area contributed by atoms with E-state index in [0.29, 0.717) is 6.42 Å². The number of carbonyl (C=O) groups excluding carboxylic acids is 1. The fourth-order valence-corrected chi connectivity index (χ4v) is 2.51. The molecule has 3 rings (SSSR count). The molecule has 0 saturated heterocycles. The van der Waals surface area contributed by atoms with E-state index in [1.807, 2.05) is 37.4 Å². The quantitative estimate of drug-likeness (QED) is 0.840. The van der Waals surface area contributed by atoms with E-state index in [2.05, 4.69) is 22.3 Å². The van der Waals surface area contributed by atoms with Gasteiger partial charge in [-0.25, -0.2) is 0 Å². The lowest BCUT2D eigenvalue weighted by molar-refractivity contribution is -0.115. The molecule has 0 aromatic heterocycles. The lowest BCUT2D eigenvalue weighted by Crippen LogP contribution is -2.16. The molecule has 3 N–H and O–H groups in total. The molecule has 1 amide bonds. The number of benzene rings is 2. The summed E-state index contributed by atoms with van der Waals surface area (Å²) in [7, 11) is 2.04. The van der Waals surface area contributed by atoms with Crippen LogP contribution in [0.25, 0.3) is 0 Å². The van der Waals surface area contributed by atoms with Gasteiger partial charge in [0.2, 0.25) is 5.91 Å². The number of hydrogen-bond donors (Lipinski definition) is 2. The van der Waals surface area contributed by atoms with Gasteiger partial charge in [-0.1, -0.05) is 12.1 Å². The summed E-state index contributed by atoms with van der Waals surface area (Å²) in [6.07, 6.45) is 0.468. The van der Waals surface area contributed by atoms with Gasteiger partial charge in [-0.15, -0.1) is 0 Å². The Bertz CT molecular complexity index is 667. The number of rotatable bonds is 3. The maximum Gasteiger partial charge on any atom is 0.228 e. The largest absolute Gasteiger partial charge is 0.399 e. The van der Waals surface area contributed by atoms with Crippen molar-refractivity contribution in [3.63, 3.8) is 0 Å². The van der Waals surface area contributed by atoms with Crippen LogP contribution in [0.15, 0.2) is 42.5 Å². The van der Waals surface area contributed by atoms with Crippen LogP contribution >= 0.6 is 0 Å². The average molecular weight is 267 g/mol. The molecule has 0 unspecified atom stereocenters. The van der Waals surface area contributed by atoms with Crippen molar-refractivity contribution in [1.29, 1.82) is 0 Å². The zero-order valence-electron chi connectivity index (χ0n) is 11.4. The van der Waals surface area contributed by atoms with Crippen molar-refractivity contribution in [3.05, 3.63) is 53.6 Å². The van der Waals surface area contributed by atoms with Crippen LogP contribution in [0.2, 0.25) is 0 Å². The van der Waals surface area contributed by atoms with Crippen LogP contribution in [-0.2, 0) is 17.8 Å². The van der Waals surface area contributed by atoms with Crippen LogP contribution in [-0.4, -0.2) is 13.0 Å². The number of anilines is 3. The molecule has 0 fully saturated rings. The molecule has 1 aliphatic rings. The molecule has 4 heteroatoms. The molecule has 0 spiro atoms. The fraction of sp³-hybridized carbons (Fsp3) is 0.188. The number of nitrogens with one attached hydrogen (secondary N) is 1. The van der Waals surface area contributed by atoms with E-state index in [0.717, 1.165) is 29.2 Å². The predicted octanol–water partition coefficient (Wildman–Crippen LogP) is 2.40. The summed E-state index contributed by atoms with van der Waals surface area (Å²) >= 11 is 0. The van der Waals surface area contributed by atoms with Crippen LogP contribution in [0, 0.1) is 0 Å². The van der Waals surface area contributed by atoms with E-state index >= 15 is 0 Å². The van der Waals surface area contributed by atoms with Gasteiger partial charge >= 0.3 is 0 Å². The third kappa shape index (κ3) is 2.45. The molecule has 20 heavy (non-hydrogen) atoms. The minimum absolute atomic E-state index is 0.0654. The van der Waals surface area contributed by atoms with Crippen LogP contribution in [0.5, 0.6) is 0 Å². The standard InChI is InChI=1S/C16H17N3O/c1-19(10-11-3-2-4-13(17)7-11)14-5-6-15-12(8-14)9-16(20)18-15/h2-8H,9-10,17H2,1H3,(H,18,20). The minimum Gasteiger partial charge on any atom is -0.399 e. The van der Waals surface area contributed by atoms with Gasteiger partial charge in [0.25, 0.3) is 0 Å². The number of hydrogen-bond acceptors (Lipinski definition) is 3. The number of nitrogens with zero attached hydrogens (tertiary/aromatic N) is 1. The van der Waals surface area contributed by atoms with E-state index in [1.54, 1.807) is 0 Å². The Labute approximate surface area is 118 Å². The SMILES string of the molecule is CN(Cc1cccc(N)c1)c1ccc2c(c1)CC(=O)N2. The molecule has 1 aliphatic heterocycles. The third-order valence-corrected chi connectivity index (χ3v) is 3.53. The molecular formula is C16H17N3O. The van der Waals surface area contributed by atoms with E-state index in [4.69, 9.17) is 5.73 Å². The summed E-state index contributed by atoms with van der Waals surface area (Å²) in [5, 5.41) is 2.85. The third-order valence-electron chi connectivity index (χ3n) is 3.53. The van der Waals surface area contributed by atoms with Gasteiger partial charge < -0.3 is 16.0 Å². The molecule has 2 aromatic carbocycles. The Hall–Kier alpha value is -2.49. The van der Waals surface area contributed by atoms with Crippen LogP contribution in [0.3, 0.4) is 0 Å². The Kier molecular flexibility index (Phi) is 3.06. The second kappa shape index (κ2) is 4.89. The number of carbonyl (C=O) groups is 1. The second-order valence-corrected chi connectivity index (χ2v) is 5.17. The van der Waals surface area contributed by atoms with E-state index < -0.39 is 0 Å². The lowest BCUT2D eigenvalue weighted by atomic mass is 10.1. The summed E-state index contributed by atoms with van der Waals surface area (Å²) in [4.78, 5) is 13.5. The number of fused-ring (bicyclic) bond motifs is 1. The molecule has 4 nitrogen and oxygen atoms in total. The zero-order valence-corrected chi connectivity index (χ0v) is 11.4. The summed E-state index contributed by atoms with van der Waals surface area (Å²) in [5.41, 5.74) is 10.8. The summed E-state index contributed by atoms with van der Waals surface area (Å²) in [6, 6.07) is 13.9. The molecule has 1 heterocycles. The predicted molar refractivity (Wildman–Crippen MR) is 81.7 cm³/mol. The molecule has 102 valence electrons. The fourth-order valence-electron chi connectivity index (χ4n) is 2.51. The Morgan fingerprint density at radius 3 is 2.90 bits per heavy atom. The van der Waals surface area contributed by atoms with E-state index in [9.17, 15) is 4.79 Å². The number of nitrogen functional groups attached to an aromatic ring is 1. The lowest BCUT2D eigenvalue weighted by Gasteiger charge is -2.20. The van der Waals surface area contributed by atoms with Crippen molar-refractivity contribution in [3.8, 4) is 0 Å². The van der Waals surface area contributed by atoms with Crippen molar-refractivity contribution >= 4 is 23.0 Å². The topological polar surface area (TPSA) is 58.4 Å². The van der Waals surface area contributed by atoms with E-state index in [1.165, 1.54) is 5.56 Å². The van der Waals surface area contributed by atoms with E-state index in [-0.39, 0.29) is 5.91 Å². The van der Waals surface area contributed by atoms with Crippen molar-refractivity contribution in [1.82, 2.24) is 0 Å². The number of nitrogens with two attached hydrogens (primary N) is 1. The molecule has 0 atom stereocenters. The molecule has 0 radical (unpaired) electrons. The van der Waals surface area contributed by atoms with Crippen molar-refractivity contribution < 1.29 is 4.79 Å². The second-order valence-electron chi connectivity index (χ2n) is 5.17. The Balaban J connectivity index is 1.79. The molecule has 0 aliphatic carbocycles. The molecular weight excluding hydrogens is 250 g/mol. The highest BCUT2D eigenvalue weighted by Gasteiger charge is 2.18. The normalized spacial score (nSPS) is 12.9. The van der Waals surface area contributed by atoms with Crippen LogP contribution in [0.4, 0.5) is 17.1 Å². The van der Waals surface area contributed by atoms with Gasteiger partial charge in [-0.05, 0) is 41.5 Å². The van der Waals surface area contributed by atoms with Crippen molar-refractivity contribution in [2.24, 2.45) is 0 Å². The average Bonchev–Trinajstić information content (AvgIpc) is 2.77. The van der Waals surface area contributed by atoms with Gasteiger partial charge in [0.05, 0.1) is 6.42 Å². The first-order valence-corrected chi connectivity index (χ1v) is 6.60. The highest BCUT2D eigenvalue weighted by Crippen LogP contribution is 2.28. The smallest absolute Gasteiger partial charge is 0.228 e. The first-order chi connectivity index (χ1) is 9.61. The Morgan fingerprint density at radius 2 is 2.10 bits per heavy atom. The maximum atomic E-state index is 11.4. The van der Waals surface area contributed by atoms with Gasteiger partial charge in [-0.2, -0.15) is 0 Å². The first kappa shape index (κ1) is 12.5. The van der Waals surface area contributed by atoms with Gasteiger partial charge in [0, 0.05) is 30.7 Å². The van der Waals surface area contributed by atoms with Crippen molar-refractivity contribution in [2.45, 2.75) is 13.0 Å². The summed E-state index contributed by atoms with van der Waals surface area (Å²) < 4.78 is 0. The maximum absolute atomic E-state index is 11.4. The molecule has 2 aromatic rings. The zero-order chi connectivity index (χ0) is 14.1. The van der Waals surface area contributed by atoms with Gasteiger partial charge in [-0.3, -0.25) is 4.79 Å². The first-order valence-electron chi connectivity index (χ1n) is 6.60. The van der Waals surface area contributed by atoms with Crippen molar-refractivity contribution in [2.75, 3.05) is 23.0 Å². The minimum atomic E-state index is 0.0654. The number of amides is 1. The van der Waals surface area contributed by atoms with Crippen LogP contribution in [0.1, 0.15) is 11.1 Å². The van der Waals surface area contributed by atoms with Crippen LogP contribution < -0.4 is 16.0 Å².